The predicted molar refractivity (Wildman–Crippen MR) is 74.5 cm³/mol. The Kier molecular flexibility index (Phi) is 5.30. The molecule has 1 aromatic heterocycles. The highest BCUT2D eigenvalue weighted by molar-refractivity contribution is 5.97. The minimum atomic E-state index is -0.818. The van der Waals surface area contributed by atoms with Crippen LogP contribution in [0.2, 0.25) is 0 Å². The molecule has 5 nitrogen and oxygen atoms in total. The van der Waals surface area contributed by atoms with Crippen molar-refractivity contribution in [3.05, 3.63) is 17.8 Å². The third-order valence-corrected chi connectivity index (χ3v) is 3.14. The van der Waals surface area contributed by atoms with Crippen molar-refractivity contribution < 1.29 is 14.3 Å². The lowest BCUT2D eigenvalue weighted by atomic mass is 10.0. The van der Waals surface area contributed by atoms with Crippen molar-refractivity contribution in [3.63, 3.8) is 0 Å². The fourth-order valence-corrected chi connectivity index (χ4v) is 1.69. The number of ether oxygens (including phenoxy) is 2. The number of hydrogen-bond acceptors (Lipinski definition) is 4. The molecule has 0 saturated heterocycles. The summed E-state index contributed by atoms with van der Waals surface area (Å²) < 4.78 is 10.6. The quantitative estimate of drug-likeness (QED) is 0.859. The molecule has 0 aliphatic rings. The second-order valence-electron chi connectivity index (χ2n) is 4.46. The lowest BCUT2D eigenvalue weighted by molar-refractivity contribution is -0.139. The maximum absolute atomic E-state index is 12.3. The van der Waals surface area contributed by atoms with Crippen LogP contribution in [0.3, 0.4) is 0 Å². The Hall–Kier alpha value is -1.62. The topological polar surface area (TPSA) is 60.5 Å². The van der Waals surface area contributed by atoms with Crippen LogP contribution in [0.4, 0.5) is 5.69 Å². The number of aryl methyl sites for hydroxylation is 1. The molecule has 1 rings (SSSR count). The van der Waals surface area contributed by atoms with E-state index in [9.17, 15) is 4.79 Å². The molecule has 19 heavy (non-hydrogen) atoms. The van der Waals surface area contributed by atoms with Gasteiger partial charge in [0.15, 0.2) is 0 Å². The van der Waals surface area contributed by atoms with E-state index in [4.69, 9.17) is 9.47 Å². The van der Waals surface area contributed by atoms with Crippen LogP contribution in [0.5, 0.6) is 5.88 Å². The Balaban J connectivity index is 2.87. The molecule has 0 aliphatic heterocycles. The van der Waals surface area contributed by atoms with E-state index >= 15 is 0 Å². The van der Waals surface area contributed by atoms with Crippen LogP contribution in [-0.4, -0.2) is 30.2 Å². The first kappa shape index (κ1) is 15.4. The molecule has 1 atom stereocenters. The molecular weight excluding hydrogens is 244 g/mol. The first-order valence-corrected chi connectivity index (χ1v) is 6.43. The normalized spacial score (nSPS) is 13.7. The molecule has 1 aromatic rings. The Morgan fingerprint density at radius 1 is 1.42 bits per heavy atom. The maximum Gasteiger partial charge on any atom is 0.256 e. The van der Waals surface area contributed by atoms with Gasteiger partial charge >= 0.3 is 0 Å². The SMILES string of the molecule is CCO[C@@](C)(CC)C(=O)Nc1ccc(OC)nc1C. The van der Waals surface area contributed by atoms with Gasteiger partial charge in [-0.05, 0) is 33.3 Å². The number of methoxy groups -OCH3 is 1. The van der Waals surface area contributed by atoms with Crippen molar-refractivity contribution in [1.82, 2.24) is 4.98 Å². The summed E-state index contributed by atoms with van der Waals surface area (Å²) in [6.07, 6.45) is 0.606. The van der Waals surface area contributed by atoms with Crippen molar-refractivity contribution in [2.24, 2.45) is 0 Å². The zero-order chi connectivity index (χ0) is 14.5. The lowest BCUT2D eigenvalue weighted by Crippen LogP contribution is -2.42. The summed E-state index contributed by atoms with van der Waals surface area (Å²) in [4.78, 5) is 16.5. The molecule has 5 heteroatoms. The molecule has 0 fully saturated rings. The summed E-state index contributed by atoms with van der Waals surface area (Å²) in [5.74, 6) is 0.366. The molecule has 0 aromatic carbocycles. The second-order valence-corrected chi connectivity index (χ2v) is 4.46. The van der Waals surface area contributed by atoms with Gasteiger partial charge in [-0.2, -0.15) is 0 Å². The number of aromatic nitrogens is 1. The fraction of sp³-hybridized carbons (Fsp3) is 0.571. The van der Waals surface area contributed by atoms with Crippen molar-refractivity contribution >= 4 is 11.6 Å². The molecular formula is C14H22N2O3. The molecule has 1 heterocycles. The van der Waals surface area contributed by atoms with Gasteiger partial charge in [0, 0.05) is 12.7 Å². The summed E-state index contributed by atoms with van der Waals surface area (Å²) in [7, 11) is 1.56. The largest absolute Gasteiger partial charge is 0.481 e. The summed E-state index contributed by atoms with van der Waals surface area (Å²) >= 11 is 0. The number of amides is 1. The van der Waals surface area contributed by atoms with E-state index in [1.54, 1.807) is 26.2 Å². The number of nitrogens with zero attached hydrogens (tertiary/aromatic N) is 1. The third-order valence-electron chi connectivity index (χ3n) is 3.14. The van der Waals surface area contributed by atoms with Gasteiger partial charge in [-0.25, -0.2) is 4.98 Å². The number of rotatable bonds is 6. The summed E-state index contributed by atoms with van der Waals surface area (Å²) in [5.41, 5.74) is 0.564. The van der Waals surface area contributed by atoms with Gasteiger partial charge in [0.05, 0.1) is 18.5 Å². The van der Waals surface area contributed by atoms with Crippen LogP contribution in [0.15, 0.2) is 12.1 Å². The monoisotopic (exact) mass is 266 g/mol. The van der Waals surface area contributed by atoms with Crippen molar-refractivity contribution in [3.8, 4) is 5.88 Å². The van der Waals surface area contributed by atoms with E-state index in [0.717, 1.165) is 0 Å². The molecule has 106 valence electrons. The molecule has 0 radical (unpaired) electrons. The van der Waals surface area contributed by atoms with Gasteiger partial charge in [-0.1, -0.05) is 6.92 Å². The predicted octanol–water partition coefficient (Wildman–Crippen LogP) is 2.54. The molecule has 0 aliphatic carbocycles. The van der Waals surface area contributed by atoms with Crippen LogP contribution in [0.25, 0.3) is 0 Å². The molecule has 1 amide bonds. The number of carbonyl (C=O) groups excluding carboxylic acids is 1. The average molecular weight is 266 g/mol. The van der Waals surface area contributed by atoms with Crippen LogP contribution >= 0.6 is 0 Å². The minimum Gasteiger partial charge on any atom is -0.481 e. The number of carbonyl (C=O) groups is 1. The number of pyridine rings is 1. The van der Waals surface area contributed by atoms with Gasteiger partial charge in [0.2, 0.25) is 5.88 Å². The van der Waals surface area contributed by atoms with Gasteiger partial charge in [0.1, 0.15) is 5.60 Å². The average Bonchev–Trinajstić information content (AvgIpc) is 2.40. The molecule has 0 unspecified atom stereocenters. The van der Waals surface area contributed by atoms with E-state index in [2.05, 4.69) is 10.3 Å². The number of hydrogen-bond donors (Lipinski definition) is 1. The Bertz CT molecular complexity index is 448. The smallest absolute Gasteiger partial charge is 0.256 e. The highest BCUT2D eigenvalue weighted by Gasteiger charge is 2.32. The van der Waals surface area contributed by atoms with Crippen LogP contribution < -0.4 is 10.1 Å². The van der Waals surface area contributed by atoms with Gasteiger partial charge < -0.3 is 14.8 Å². The Labute approximate surface area is 114 Å². The fourth-order valence-electron chi connectivity index (χ4n) is 1.69. The van der Waals surface area contributed by atoms with E-state index in [1.165, 1.54) is 0 Å². The van der Waals surface area contributed by atoms with Crippen LogP contribution in [0.1, 0.15) is 32.9 Å². The van der Waals surface area contributed by atoms with E-state index < -0.39 is 5.60 Å². The van der Waals surface area contributed by atoms with Crippen molar-refractivity contribution in [2.45, 2.75) is 39.7 Å². The molecule has 1 N–H and O–H groups in total. The van der Waals surface area contributed by atoms with Crippen molar-refractivity contribution in [1.29, 1.82) is 0 Å². The highest BCUT2D eigenvalue weighted by atomic mass is 16.5. The zero-order valence-electron chi connectivity index (χ0n) is 12.2. The third kappa shape index (κ3) is 3.67. The molecule has 0 bridgehead atoms. The zero-order valence-corrected chi connectivity index (χ0v) is 12.2. The summed E-state index contributed by atoms with van der Waals surface area (Å²) in [6, 6.07) is 3.49. The Morgan fingerprint density at radius 3 is 2.58 bits per heavy atom. The van der Waals surface area contributed by atoms with Crippen LogP contribution in [-0.2, 0) is 9.53 Å². The standard InChI is InChI=1S/C14H22N2O3/c1-6-14(4,19-7-2)13(17)16-11-8-9-12(18-5)15-10(11)3/h8-9H,6-7H2,1-5H3,(H,16,17)/t14-/m0/s1. The molecule has 0 spiro atoms. The number of nitrogens with one attached hydrogen (secondary N) is 1. The van der Waals surface area contributed by atoms with E-state index in [-0.39, 0.29) is 5.91 Å². The van der Waals surface area contributed by atoms with Gasteiger partial charge in [0.25, 0.3) is 5.91 Å². The first-order valence-electron chi connectivity index (χ1n) is 6.43. The second kappa shape index (κ2) is 6.52. The van der Waals surface area contributed by atoms with Gasteiger partial charge in [-0.3, -0.25) is 4.79 Å². The van der Waals surface area contributed by atoms with Crippen molar-refractivity contribution in [2.75, 3.05) is 19.0 Å². The van der Waals surface area contributed by atoms with Crippen LogP contribution in [0, 0.1) is 6.92 Å². The summed E-state index contributed by atoms with van der Waals surface area (Å²) in [6.45, 7) is 7.91. The lowest BCUT2D eigenvalue weighted by Gasteiger charge is -2.27. The highest BCUT2D eigenvalue weighted by Crippen LogP contribution is 2.21. The minimum absolute atomic E-state index is 0.160. The van der Waals surface area contributed by atoms with E-state index in [1.807, 2.05) is 20.8 Å². The summed E-state index contributed by atoms with van der Waals surface area (Å²) in [5, 5.41) is 2.86. The number of anilines is 1. The molecule has 0 saturated carbocycles. The van der Waals surface area contributed by atoms with Gasteiger partial charge in [-0.15, -0.1) is 0 Å². The first-order chi connectivity index (χ1) is 8.96. The van der Waals surface area contributed by atoms with E-state index in [0.29, 0.717) is 30.3 Å². The maximum atomic E-state index is 12.3. The Morgan fingerprint density at radius 2 is 2.11 bits per heavy atom.